The van der Waals surface area contributed by atoms with Crippen molar-refractivity contribution in [2.45, 2.75) is 39.3 Å². The van der Waals surface area contributed by atoms with Gasteiger partial charge in [-0.1, -0.05) is 29.8 Å². The number of carbonyl (C=O) groups excluding carboxylic acids is 2. The molecule has 0 bridgehead atoms. The number of imidazole rings is 1. The molecule has 1 aromatic carbocycles. The van der Waals surface area contributed by atoms with Crippen LogP contribution in [0.4, 0.5) is 0 Å². The standard InChI is InChI=1S/C20H26N4O3/c1-14-6-8-15(9-7-14)13-22-19(25)17-16-5-3-4-11-24(16)18(23-17)20(26)21-10-12-27-2/h6-9H,3-5,10-13H2,1-2H3,(H,21,26)(H,22,25). The Labute approximate surface area is 159 Å². The van der Waals surface area contributed by atoms with Crippen molar-refractivity contribution in [3.63, 3.8) is 0 Å². The van der Waals surface area contributed by atoms with E-state index < -0.39 is 0 Å². The van der Waals surface area contributed by atoms with Crippen LogP contribution in [0.2, 0.25) is 0 Å². The zero-order chi connectivity index (χ0) is 19.2. The Morgan fingerprint density at radius 1 is 1.15 bits per heavy atom. The van der Waals surface area contributed by atoms with Crippen molar-refractivity contribution in [2.75, 3.05) is 20.3 Å². The molecule has 0 atom stereocenters. The van der Waals surface area contributed by atoms with E-state index in [0.717, 1.165) is 30.5 Å². The van der Waals surface area contributed by atoms with Gasteiger partial charge in [0.25, 0.3) is 11.8 Å². The van der Waals surface area contributed by atoms with E-state index >= 15 is 0 Å². The molecule has 0 aliphatic carbocycles. The third-order valence-corrected chi connectivity index (χ3v) is 4.70. The molecule has 2 amide bonds. The molecule has 3 rings (SSSR count). The third-order valence-electron chi connectivity index (χ3n) is 4.70. The first-order valence-corrected chi connectivity index (χ1v) is 9.30. The fourth-order valence-electron chi connectivity index (χ4n) is 3.22. The molecule has 7 nitrogen and oxygen atoms in total. The quantitative estimate of drug-likeness (QED) is 0.728. The second-order valence-electron chi connectivity index (χ2n) is 6.76. The number of aryl methyl sites for hydroxylation is 1. The molecule has 144 valence electrons. The number of hydrogen-bond donors (Lipinski definition) is 2. The van der Waals surface area contributed by atoms with Crippen molar-refractivity contribution < 1.29 is 14.3 Å². The van der Waals surface area contributed by atoms with Crippen molar-refractivity contribution in [3.8, 4) is 0 Å². The second kappa shape index (κ2) is 8.81. The van der Waals surface area contributed by atoms with Gasteiger partial charge in [-0.2, -0.15) is 0 Å². The summed E-state index contributed by atoms with van der Waals surface area (Å²) in [6.45, 7) is 4.01. The molecule has 7 heteroatoms. The number of amides is 2. The fraction of sp³-hybridized carbons (Fsp3) is 0.450. The van der Waals surface area contributed by atoms with Crippen LogP contribution in [0, 0.1) is 6.92 Å². The van der Waals surface area contributed by atoms with Crippen molar-refractivity contribution in [1.29, 1.82) is 0 Å². The number of carbonyl (C=O) groups is 2. The Hall–Kier alpha value is -2.67. The van der Waals surface area contributed by atoms with Crippen LogP contribution < -0.4 is 10.6 Å². The molecule has 1 aliphatic rings. The topological polar surface area (TPSA) is 85.2 Å². The van der Waals surface area contributed by atoms with Crippen LogP contribution in [0.1, 0.15) is 50.8 Å². The lowest BCUT2D eigenvalue weighted by Gasteiger charge is -2.17. The van der Waals surface area contributed by atoms with Crippen LogP contribution >= 0.6 is 0 Å². The van der Waals surface area contributed by atoms with Gasteiger partial charge in [0, 0.05) is 26.7 Å². The first kappa shape index (κ1) is 19.1. The predicted molar refractivity (Wildman–Crippen MR) is 102 cm³/mol. The third kappa shape index (κ3) is 4.54. The Balaban J connectivity index is 1.74. The highest BCUT2D eigenvalue weighted by Crippen LogP contribution is 2.21. The summed E-state index contributed by atoms with van der Waals surface area (Å²) in [7, 11) is 1.58. The highest BCUT2D eigenvalue weighted by Gasteiger charge is 2.27. The zero-order valence-corrected chi connectivity index (χ0v) is 15.9. The maximum absolute atomic E-state index is 12.7. The van der Waals surface area contributed by atoms with E-state index in [2.05, 4.69) is 15.6 Å². The molecule has 1 aromatic heterocycles. The molecular weight excluding hydrogens is 344 g/mol. The fourth-order valence-corrected chi connectivity index (χ4v) is 3.22. The SMILES string of the molecule is COCCNC(=O)c1nc(C(=O)NCc2ccc(C)cc2)c2n1CCCC2. The Bertz CT molecular complexity index is 811. The summed E-state index contributed by atoms with van der Waals surface area (Å²) in [6.07, 6.45) is 2.73. The Morgan fingerprint density at radius 3 is 2.67 bits per heavy atom. The molecule has 0 radical (unpaired) electrons. The van der Waals surface area contributed by atoms with Gasteiger partial charge in [-0.3, -0.25) is 9.59 Å². The molecule has 2 heterocycles. The summed E-state index contributed by atoms with van der Waals surface area (Å²) in [5.41, 5.74) is 3.41. The molecule has 0 spiro atoms. The first-order chi connectivity index (χ1) is 13.1. The van der Waals surface area contributed by atoms with Gasteiger partial charge in [0.1, 0.15) is 5.69 Å². The summed E-state index contributed by atoms with van der Waals surface area (Å²) >= 11 is 0. The number of fused-ring (bicyclic) bond motifs is 1. The van der Waals surface area contributed by atoms with Crippen molar-refractivity contribution in [2.24, 2.45) is 0 Å². The van der Waals surface area contributed by atoms with Gasteiger partial charge >= 0.3 is 0 Å². The summed E-state index contributed by atoms with van der Waals surface area (Å²) in [5.74, 6) is -0.203. The second-order valence-corrected chi connectivity index (χ2v) is 6.76. The average molecular weight is 370 g/mol. The molecule has 2 aromatic rings. The molecule has 0 fully saturated rings. The minimum Gasteiger partial charge on any atom is -0.383 e. The van der Waals surface area contributed by atoms with Crippen LogP contribution in [-0.2, 0) is 24.2 Å². The largest absolute Gasteiger partial charge is 0.383 e. The van der Waals surface area contributed by atoms with E-state index in [1.165, 1.54) is 5.56 Å². The number of hydrogen-bond acceptors (Lipinski definition) is 4. The van der Waals surface area contributed by atoms with E-state index in [1.807, 2.05) is 35.8 Å². The number of nitrogens with one attached hydrogen (secondary N) is 2. The van der Waals surface area contributed by atoms with Gasteiger partial charge in [0.05, 0.1) is 12.3 Å². The van der Waals surface area contributed by atoms with Crippen molar-refractivity contribution in [3.05, 3.63) is 52.6 Å². The number of aromatic nitrogens is 2. The lowest BCUT2D eigenvalue weighted by molar-refractivity contribution is 0.0921. The minimum atomic E-state index is -0.271. The van der Waals surface area contributed by atoms with Crippen molar-refractivity contribution in [1.82, 2.24) is 20.2 Å². The number of methoxy groups -OCH3 is 1. The van der Waals surface area contributed by atoms with Gasteiger partial charge in [-0.25, -0.2) is 4.98 Å². The molecule has 1 aliphatic heterocycles. The predicted octanol–water partition coefficient (Wildman–Crippen LogP) is 1.83. The van der Waals surface area contributed by atoms with Crippen LogP contribution in [0.5, 0.6) is 0 Å². The molecule has 0 saturated heterocycles. The van der Waals surface area contributed by atoms with E-state index in [9.17, 15) is 9.59 Å². The Kier molecular flexibility index (Phi) is 6.24. The summed E-state index contributed by atoms with van der Waals surface area (Å²) in [5, 5.41) is 5.71. The van der Waals surface area contributed by atoms with E-state index in [-0.39, 0.29) is 11.8 Å². The van der Waals surface area contributed by atoms with Crippen LogP contribution in [-0.4, -0.2) is 41.6 Å². The monoisotopic (exact) mass is 370 g/mol. The average Bonchev–Trinajstić information content (AvgIpc) is 3.07. The Morgan fingerprint density at radius 2 is 1.93 bits per heavy atom. The minimum absolute atomic E-state index is 0.239. The number of ether oxygens (including phenoxy) is 1. The number of rotatable bonds is 7. The lowest BCUT2D eigenvalue weighted by atomic mass is 10.1. The van der Waals surface area contributed by atoms with Gasteiger partial charge in [0.15, 0.2) is 5.82 Å². The van der Waals surface area contributed by atoms with Gasteiger partial charge in [-0.05, 0) is 31.7 Å². The van der Waals surface area contributed by atoms with E-state index in [4.69, 9.17) is 4.74 Å². The van der Waals surface area contributed by atoms with Crippen LogP contribution in [0.3, 0.4) is 0 Å². The normalized spacial score (nSPS) is 13.1. The van der Waals surface area contributed by atoms with E-state index in [1.54, 1.807) is 7.11 Å². The molecular formula is C20H26N4O3. The molecule has 2 N–H and O–H groups in total. The van der Waals surface area contributed by atoms with E-state index in [0.29, 0.717) is 37.8 Å². The molecule has 0 saturated carbocycles. The van der Waals surface area contributed by atoms with Crippen LogP contribution in [0.15, 0.2) is 24.3 Å². The molecule has 27 heavy (non-hydrogen) atoms. The zero-order valence-electron chi connectivity index (χ0n) is 15.9. The maximum atomic E-state index is 12.7. The van der Waals surface area contributed by atoms with Gasteiger partial charge < -0.3 is 19.9 Å². The lowest BCUT2D eigenvalue weighted by Crippen LogP contribution is -2.30. The first-order valence-electron chi connectivity index (χ1n) is 9.30. The van der Waals surface area contributed by atoms with Crippen molar-refractivity contribution >= 4 is 11.8 Å². The maximum Gasteiger partial charge on any atom is 0.287 e. The highest BCUT2D eigenvalue weighted by molar-refractivity contribution is 5.97. The highest BCUT2D eigenvalue weighted by atomic mass is 16.5. The summed E-state index contributed by atoms with van der Waals surface area (Å²) < 4.78 is 6.84. The summed E-state index contributed by atoms with van der Waals surface area (Å²) in [4.78, 5) is 29.6. The molecule has 0 unspecified atom stereocenters. The summed E-state index contributed by atoms with van der Waals surface area (Å²) in [6, 6.07) is 8.02. The number of benzene rings is 1. The van der Waals surface area contributed by atoms with Gasteiger partial charge in [-0.15, -0.1) is 0 Å². The van der Waals surface area contributed by atoms with Crippen LogP contribution in [0.25, 0.3) is 0 Å². The van der Waals surface area contributed by atoms with Gasteiger partial charge in [0.2, 0.25) is 0 Å². The smallest absolute Gasteiger partial charge is 0.287 e. The number of nitrogens with zero attached hydrogens (tertiary/aromatic N) is 2.